The number of phenolic OH excluding ortho intramolecular Hbond substituents is 1. The number of carbonyl (C=O) groups is 1. The van der Waals surface area contributed by atoms with Gasteiger partial charge in [-0.25, -0.2) is 0 Å². The Hall–Kier alpha value is -2.69. The number of hydrogen-bond donors (Lipinski definition) is 1. The summed E-state index contributed by atoms with van der Waals surface area (Å²) in [7, 11) is 3.29. The summed E-state index contributed by atoms with van der Waals surface area (Å²) in [6.45, 7) is 2.66. The molecule has 2 aromatic rings. The van der Waals surface area contributed by atoms with Crippen LogP contribution in [0.5, 0.6) is 17.2 Å². The standard InChI is InChI=1S/C18H21NO4/c1-13-4-9-17(20)16(12-13)18(21)19(2)10-11-23-15-7-5-14(22-3)6-8-15/h4-9,12,20H,10-11H2,1-3H3. The molecular weight excluding hydrogens is 294 g/mol. The third-order valence-electron chi connectivity index (χ3n) is 3.48. The number of carbonyl (C=O) groups excluding carboxylic acids is 1. The fraction of sp³-hybridized carbons (Fsp3) is 0.278. The van der Waals surface area contributed by atoms with Crippen LogP contribution in [0, 0.1) is 6.92 Å². The van der Waals surface area contributed by atoms with E-state index in [-0.39, 0.29) is 11.7 Å². The maximum atomic E-state index is 12.3. The molecule has 23 heavy (non-hydrogen) atoms. The van der Waals surface area contributed by atoms with Gasteiger partial charge in [0.05, 0.1) is 19.2 Å². The lowest BCUT2D eigenvalue weighted by Gasteiger charge is -2.18. The van der Waals surface area contributed by atoms with Gasteiger partial charge in [-0.3, -0.25) is 4.79 Å². The van der Waals surface area contributed by atoms with Crippen molar-refractivity contribution in [1.82, 2.24) is 4.90 Å². The molecule has 1 amide bonds. The van der Waals surface area contributed by atoms with E-state index in [1.165, 1.54) is 11.0 Å². The van der Waals surface area contributed by atoms with Crippen molar-refractivity contribution in [2.24, 2.45) is 0 Å². The highest BCUT2D eigenvalue weighted by Gasteiger charge is 2.15. The van der Waals surface area contributed by atoms with Crippen molar-refractivity contribution in [2.45, 2.75) is 6.92 Å². The fourth-order valence-corrected chi connectivity index (χ4v) is 2.10. The lowest BCUT2D eigenvalue weighted by molar-refractivity contribution is 0.0770. The van der Waals surface area contributed by atoms with E-state index < -0.39 is 0 Å². The second-order valence-electron chi connectivity index (χ2n) is 5.27. The number of ether oxygens (including phenoxy) is 2. The number of aromatic hydroxyl groups is 1. The van der Waals surface area contributed by atoms with Crippen LogP contribution in [0.4, 0.5) is 0 Å². The van der Waals surface area contributed by atoms with Gasteiger partial charge in [0.2, 0.25) is 0 Å². The summed E-state index contributed by atoms with van der Waals surface area (Å²) in [6.07, 6.45) is 0. The summed E-state index contributed by atoms with van der Waals surface area (Å²) in [4.78, 5) is 13.9. The van der Waals surface area contributed by atoms with Crippen molar-refractivity contribution in [1.29, 1.82) is 0 Å². The van der Waals surface area contributed by atoms with Crippen LogP contribution in [-0.2, 0) is 0 Å². The lowest BCUT2D eigenvalue weighted by Crippen LogP contribution is -2.31. The van der Waals surface area contributed by atoms with Gasteiger partial charge >= 0.3 is 0 Å². The minimum Gasteiger partial charge on any atom is -0.507 e. The first kappa shape index (κ1) is 16.7. The minimum atomic E-state index is -0.232. The third kappa shape index (κ3) is 4.39. The molecule has 0 saturated heterocycles. The van der Waals surface area contributed by atoms with E-state index >= 15 is 0 Å². The summed E-state index contributed by atoms with van der Waals surface area (Å²) < 4.78 is 10.7. The molecule has 0 aliphatic heterocycles. The van der Waals surface area contributed by atoms with Crippen molar-refractivity contribution in [2.75, 3.05) is 27.3 Å². The smallest absolute Gasteiger partial charge is 0.257 e. The Morgan fingerprint density at radius 1 is 1.13 bits per heavy atom. The highest BCUT2D eigenvalue weighted by molar-refractivity contribution is 5.96. The van der Waals surface area contributed by atoms with Gasteiger partial charge in [0.1, 0.15) is 23.9 Å². The molecular formula is C18H21NO4. The summed E-state index contributed by atoms with van der Waals surface area (Å²) in [6, 6.07) is 12.2. The number of hydrogen-bond acceptors (Lipinski definition) is 4. The van der Waals surface area contributed by atoms with E-state index in [9.17, 15) is 9.90 Å². The van der Waals surface area contributed by atoms with E-state index in [1.807, 2.05) is 31.2 Å². The van der Waals surface area contributed by atoms with Crippen molar-refractivity contribution < 1.29 is 19.4 Å². The van der Waals surface area contributed by atoms with Gasteiger partial charge in [0, 0.05) is 7.05 Å². The molecule has 0 spiro atoms. The molecule has 0 aliphatic carbocycles. The molecule has 0 radical (unpaired) electrons. The second kappa shape index (κ2) is 7.54. The second-order valence-corrected chi connectivity index (χ2v) is 5.27. The van der Waals surface area contributed by atoms with E-state index in [4.69, 9.17) is 9.47 Å². The zero-order valence-corrected chi connectivity index (χ0v) is 13.6. The first-order chi connectivity index (χ1) is 11.0. The van der Waals surface area contributed by atoms with Crippen LogP contribution in [-0.4, -0.2) is 43.2 Å². The number of amides is 1. The number of benzene rings is 2. The molecule has 5 nitrogen and oxygen atoms in total. The van der Waals surface area contributed by atoms with Gasteiger partial charge in [0.15, 0.2) is 0 Å². The van der Waals surface area contributed by atoms with Crippen LogP contribution >= 0.6 is 0 Å². The van der Waals surface area contributed by atoms with Gasteiger partial charge in [0.25, 0.3) is 5.91 Å². The molecule has 0 saturated carbocycles. The number of methoxy groups -OCH3 is 1. The van der Waals surface area contributed by atoms with Crippen LogP contribution in [0.25, 0.3) is 0 Å². The molecule has 0 fully saturated rings. The zero-order chi connectivity index (χ0) is 16.8. The largest absolute Gasteiger partial charge is 0.507 e. The summed E-state index contributed by atoms with van der Waals surface area (Å²) in [5, 5.41) is 9.82. The quantitative estimate of drug-likeness (QED) is 0.890. The Balaban J connectivity index is 1.89. The van der Waals surface area contributed by atoms with Crippen molar-refractivity contribution in [3.05, 3.63) is 53.6 Å². The topological polar surface area (TPSA) is 59.0 Å². The van der Waals surface area contributed by atoms with Crippen LogP contribution in [0.2, 0.25) is 0 Å². The highest BCUT2D eigenvalue weighted by Crippen LogP contribution is 2.20. The van der Waals surface area contributed by atoms with Crippen molar-refractivity contribution >= 4 is 5.91 Å². The van der Waals surface area contributed by atoms with Crippen LogP contribution in [0.3, 0.4) is 0 Å². The summed E-state index contributed by atoms with van der Waals surface area (Å²) >= 11 is 0. The van der Waals surface area contributed by atoms with Crippen LogP contribution in [0.15, 0.2) is 42.5 Å². The summed E-state index contributed by atoms with van der Waals surface area (Å²) in [5.74, 6) is 1.23. The number of likely N-dealkylation sites (N-methyl/N-ethyl adjacent to an activating group) is 1. The molecule has 0 aromatic heterocycles. The molecule has 5 heteroatoms. The maximum absolute atomic E-state index is 12.3. The average molecular weight is 315 g/mol. The molecule has 0 bridgehead atoms. The molecule has 0 heterocycles. The number of aryl methyl sites for hydroxylation is 1. The van der Waals surface area contributed by atoms with Crippen molar-refractivity contribution in [3.8, 4) is 17.2 Å². The van der Waals surface area contributed by atoms with Crippen molar-refractivity contribution in [3.63, 3.8) is 0 Å². The first-order valence-corrected chi connectivity index (χ1v) is 7.33. The fourth-order valence-electron chi connectivity index (χ4n) is 2.10. The number of nitrogens with zero attached hydrogens (tertiary/aromatic N) is 1. The Kier molecular flexibility index (Phi) is 5.46. The number of rotatable bonds is 6. The average Bonchev–Trinajstić information content (AvgIpc) is 2.57. The van der Waals surface area contributed by atoms with Gasteiger partial charge in [-0.1, -0.05) is 11.6 Å². The first-order valence-electron chi connectivity index (χ1n) is 7.33. The third-order valence-corrected chi connectivity index (χ3v) is 3.48. The molecule has 122 valence electrons. The Labute approximate surface area is 136 Å². The Bertz CT molecular complexity index is 667. The van der Waals surface area contributed by atoms with Gasteiger partial charge in [-0.15, -0.1) is 0 Å². The predicted octanol–water partition coefficient (Wildman–Crippen LogP) is 2.86. The van der Waals surface area contributed by atoms with Gasteiger partial charge in [-0.2, -0.15) is 0 Å². The van der Waals surface area contributed by atoms with E-state index in [1.54, 1.807) is 26.3 Å². The molecule has 1 N–H and O–H groups in total. The van der Waals surface area contributed by atoms with Gasteiger partial charge in [-0.05, 0) is 43.3 Å². The van der Waals surface area contributed by atoms with E-state index in [0.29, 0.717) is 24.5 Å². The maximum Gasteiger partial charge on any atom is 0.257 e. The molecule has 0 atom stereocenters. The Morgan fingerprint density at radius 3 is 2.43 bits per heavy atom. The lowest BCUT2D eigenvalue weighted by atomic mass is 10.1. The SMILES string of the molecule is COc1ccc(OCCN(C)C(=O)c2cc(C)ccc2O)cc1. The minimum absolute atomic E-state index is 0.0106. The normalized spacial score (nSPS) is 10.2. The number of phenols is 1. The monoisotopic (exact) mass is 315 g/mol. The highest BCUT2D eigenvalue weighted by atomic mass is 16.5. The van der Waals surface area contributed by atoms with Crippen LogP contribution in [0.1, 0.15) is 15.9 Å². The van der Waals surface area contributed by atoms with Gasteiger partial charge < -0.3 is 19.5 Å². The summed E-state index contributed by atoms with van der Waals surface area (Å²) in [5.41, 5.74) is 1.23. The predicted molar refractivity (Wildman–Crippen MR) is 88.3 cm³/mol. The zero-order valence-electron chi connectivity index (χ0n) is 13.6. The van der Waals surface area contributed by atoms with E-state index in [0.717, 1.165) is 11.3 Å². The molecule has 0 unspecified atom stereocenters. The molecule has 2 aromatic carbocycles. The Morgan fingerprint density at radius 2 is 1.78 bits per heavy atom. The van der Waals surface area contributed by atoms with Crippen LogP contribution < -0.4 is 9.47 Å². The molecule has 0 aliphatic rings. The molecule has 2 rings (SSSR count). The van der Waals surface area contributed by atoms with E-state index in [2.05, 4.69) is 0 Å².